The number of aryl methyl sites for hydroxylation is 1. The van der Waals surface area contributed by atoms with Crippen molar-refractivity contribution < 1.29 is 0 Å². The molecule has 0 amide bonds. The lowest BCUT2D eigenvalue weighted by Gasteiger charge is -2.46. The summed E-state index contributed by atoms with van der Waals surface area (Å²) in [4.78, 5) is 6.92. The molecule has 2 heterocycles. The first-order valence-electron chi connectivity index (χ1n) is 7.64. The van der Waals surface area contributed by atoms with E-state index in [-0.39, 0.29) is 0 Å². The van der Waals surface area contributed by atoms with Crippen molar-refractivity contribution in [3.8, 4) is 0 Å². The molecular weight excluding hydrogens is 234 g/mol. The van der Waals surface area contributed by atoms with E-state index in [0.29, 0.717) is 5.54 Å². The van der Waals surface area contributed by atoms with E-state index < -0.39 is 0 Å². The summed E-state index contributed by atoms with van der Waals surface area (Å²) in [5.74, 6) is 0. The molecule has 0 atom stereocenters. The summed E-state index contributed by atoms with van der Waals surface area (Å²) in [5, 5.41) is 3.80. The van der Waals surface area contributed by atoms with E-state index in [9.17, 15) is 0 Å². The first-order chi connectivity index (χ1) is 9.26. The average Bonchev–Trinajstić information content (AvgIpc) is 2.40. The van der Waals surface area contributed by atoms with Crippen molar-refractivity contribution in [3.05, 3.63) is 29.6 Å². The van der Waals surface area contributed by atoms with Crippen molar-refractivity contribution in [2.45, 2.75) is 51.1 Å². The molecule has 104 valence electrons. The van der Waals surface area contributed by atoms with Crippen LogP contribution in [-0.4, -0.2) is 35.1 Å². The zero-order valence-electron chi connectivity index (χ0n) is 12.0. The molecule has 0 aromatic carbocycles. The summed E-state index contributed by atoms with van der Waals surface area (Å²) < 4.78 is 0. The highest BCUT2D eigenvalue weighted by molar-refractivity contribution is 5.16. The highest BCUT2D eigenvalue weighted by atomic mass is 15.2. The van der Waals surface area contributed by atoms with E-state index >= 15 is 0 Å². The topological polar surface area (TPSA) is 28.2 Å². The summed E-state index contributed by atoms with van der Waals surface area (Å²) in [7, 11) is 0. The molecule has 2 aliphatic rings. The minimum absolute atomic E-state index is 0.410. The highest BCUT2D eigenvalue weighted by Crippen LogP contribution is 2.30. The number of pyridine rings is 1. The van der Waals surface area contributed by atoms with Crippen LogP contribution in [-0.2, 0) is 6.54 Å². The third-order valence-corrected chi connectivity index (χ3v) is 4.60. The Hall–Kier alpha value is -0.930. The van der Waals surface area contributed by atoms with Crippen molar-refractivity contribution >= 4 is 0 Å². The Morgan fingerprint density at radius 1 is 1.26 bits per heavy atom. The predicted molar refractivity (Wildman–Crippen MR) is 78.1 cm³/mol. The number of nitrogens with zero attached hydrogens (tertiary/aromatic N) is 2. The molecule has 1 aliphatic heterocycles. The van der Waals surface area contributed by atoms with E-state index in [0.717, 1.165) is 19.6 Å². The van der Waals surface area contributed by atoms with Gasteiger partial charge in [-0.25, -0.2) is 0 Å². The number of aromatic nitrogens is 1. The van der Waals surface area contributed by atoms with Crippen molar-refractivity contribution in [3.63, 3.8) is 0 Å². The Morgan fingerprint density at radius 3 is 2.89 bits per heavy atom. The molecule has 1 aromatic rings. The Bertz CT molecular complexity index is 418. The van der Waals surface area contributed by atoms with Gasteiger partial charge in [0.25, 0.3) is 0 Å². The third-order valence-electron chi connectivity index (χ3n) is 4.60. The number of rotatable bonds is 2. The number of hydrogen-bond acceptors (Lipinski definition) is 3. The van der Waals surface area contributed by atoms with E-state index in [1.165, 1.54) is 49.8 Å². The van der Waals surface area contributed by atoms with E-state index in [2.05, 4.69) is 28.2 Å². The number of hydrogen-bond donors (Lipinski definition) is 1. The van der Waals surface area contributed by atoms with E-state index in [1.54, 1.807) is 0 Å². The van der Waals surface area contributed by atoms with Gasteiger partial charge in [0.05, 0.1) is 0 Å². The largest absolute Gasteiger partial charge is 0.309 e. The highest BCUT2D eigenvalue weighted by Gasteiger charge is 2.35. The van der Waals surface area contributed by atoms with Crippen molar-refractivity contribution in [2.75, 3.05) is 19.6 Å². The SMILES string of the molecule is Cc1cncc(CN2CCNC3(CCCCC3)C2)c1. The lowest BCUT2D eigenvalue weighted by Crippen LogP contribution is -2.60. The van der Waals surface area contributed by atoms with Crippen LogP contribution in [0.2, 0.25) is 0 Å². The van der Waals surface area contributed by atoms with Gasteiger partial charge < -0.3 is 5.32 Å². The Kier molecular flexibility index (Phi) is 3.85. The van der Waals surface area contributed by atoms with Crippen LogP contribution in [0.25, 0.3) is 0 Å². The first kappa shape index (κ1) is 13.1. The fourth-order valence-corrected chi connectivity index (χ4v) is 3.70. The van der Waals surface area contributed by atoms with Gasteiger partial charge in [-0.15, -0.1) is 0 Å². The second-order valence-electron chi connectivity index (χ2n) is 6.35. The molecule has 1 aliphatic carbocycles. The molecule has 1 saturated carbocycles. The van der Waals surface area contributed by atoms with Crippen LogP contribution in [0, 0.1) is 6.92 Å². The summed E-state index contributed by atoms with van der Waals surface area (Å²) in [6, 6.07) is 2.27. The molecule has 0 radical (unpaired) electrons. The molecule has 19 heavy (non-hydrogen) atoms. The normalized spacial score (nSPS) is 23.6. The molecule has 1 spiro atoms. The standard InChI is InChI=1S/C16H25N3/c1-14-9-15(11-17-10-14)12-19-8-7-18-16(13-19)5-3-2-4-6-16/h9-11,18H,2-8,12-13H2,1H3. The molecule has 1 saturated heterocycles. The molecule has 3 nitrogen and oxygen atoms in total. The second-order valence-corrected chi connectivity index (χ2v) is 6.35. The summed E-state index contributed by atoms with van der Waals surface area (Å²) in [5.41, 5.74) is 3.03. The van der Waals surface area contributed by atoms with Gasteiger partial charge in [-0.1, -0.05) is 25.3 Å². The van der Waals surface area contributed by atoms with Crippen molar-refractivity contribution in [1.29, 1.82) is 0 Å². The monoisotopic (exact) mass is 259 g/mol. The maximum Gasteiger partial charge on any atom is 0.0313 e. The van der Waals surface area contributed by atoms with Gasteiger partial charge in [-0.3, -0.25) is 9.88 Å². The molecular formula is C16H25N3. The third kappa shape index (κ3) is 3.15. The summed E-state index contributed by atoms with van der Waals surface area (Å²) in [6.45, 7) is 6.69. The fraction of sp³-hybridized carbons (Fsp3) is 0.688. The zero-order chi connectivity index (χ0) is 13.1. The van der Waals surface area contributed by atoms with Crippen molar-refractivity contribution in [1.82, 2.24) is 15.2 Å². The number of nitrogens with one attached hydrogen (secondary N) is 1. The van der Waals surface area contributed by atoms with Crippen LogP contribution in [0.1, 0.15) is 43.2 Å². The zero-order valence-corrected chi connectivity index (χ0v) is 12.0. The van der Waals surface area contributed by atoms with Gasteiger partial charge in [0.2, 0.25) is 0 Å². The Balaban J connectivity index is 1.65. The molecule has 0 bridgehead atoms. The Labute approximate surface area is 116 Å². The second kappa shape index (κ2) is 5.59. The minimum Gasteiger partial charge on any atom is -0.309 e. The van der Waals surface area contributed by atoms with Gasteiger partial charge in [0.1, 0.15) is 0 Å². The van der Waals surface area contributed by atoms with Gasteiger partial charge in [-0.05, 0) is 30.9 Å². The van der Waals surface area contributed by atoms with Crippen LogP contribution in [0.15, 0.2) is 18.5 Å². The van der Waals surface area contributed by atoms with Gasteiger partial charge in [0, 0.05) is 44.1 Å². The predicted octanol–water partition coefficient (Wildman–Crippen LogP) is 2.50. The molecule has 2 fully saturated rings. The fourth-order valence-electron chi connectivity index (χ4n) is 3.70. The van der Waals surface area contributed by atoms with Crippen LogP contribution < -0.4 is 5.32 Å². The van der Waals surface area contributed by atoms with Gasteiger partial charge in [-0.2, -0.15) is 0 Å². The molecule has 3 heteroatoms. The molecule has 0 unspecified atom stereocenters. The molecule has 3 rings (SSSR count). The van der Waals surface area contributed by atoms with Crippen LogP contribution >= 0.6 is 0 Å². The summed E-state index contributed by atoms with van der Waals surface area (Å²) >= 11 is 0. The minimum atomic E-state index is 0.410. The Morgan fingerprint density at radius 2 is 2.11 bits per heavy atom. The quantitative estimate of drug-likeness (QED) is 0.884. The van der Waals surface area contributed by atoms with Gasteiger partial charge in [0.15, 0.2) is 0 Å². The lowest BCUT2D eigenvalue weighted by atomic mass is 9.80. The van der Waals surface area contributed by atoms with Gasteiger partial charge >= 0.3 is 0 Å². The smallest absolute Gasteiger partial charge is 0.0313 e. The average molecular weight is 259 g/mol. The maximum absolute atomic E-state index is 4.31. The number of piperazine rings is 1. The van der Waals surface area contributed by atoms with Crippen LogP contribution in [0.5, 0.6) is 0 Å². The lowest BCUT2D eigenvalue weighted by molar-refractivity contribution is 0.0944. The van der Waals surface area contributed by atoms with E-state index in [1.807, 2.05) is 12.4 Å². The molecule has 1 aromatic heterocycles. The first-order valence-corrected chi connectivity index (χ1v) is 7.64. The van der Waals surface area contributed by atoms with E-state index in [4.69, 9.17) is 0 Å². The van der Waals surface area contributed by atoms with Crippen LogP contribution in [0.4, 0.5) is 0 Å². The summed E-state index contributed by atoms with van der Waals surface area (Å²) in [6.07, 6.45) is 10.9. The molecule has 1 N–H and O–H groups in total. The van der Waals surface area contributed by atoms with Crippen molar-refractivity contribution in [2.24, 2.45) is 0 Å². The van der Waals surface area contributed by atoms with Crippen LogP contribution in [0.3, 0.4) is 0 Å². The maximum atomic E-state index is 4.31.